The molecular weight excluding hydrogens is 466 g/mol. The highest BCUT2D eigenvalue weighted by atomic mass is 32.1. The average molecular weight is 496 g/mol. The monoisotopic (exact) mass is 495 g/mol. The minimum atomic E-state index is -0.537. The van der Waals surface area contributed by atoms with Gasteiger partial charge in [-0.1, -0.05) is 19.0 Å². The maximum absolute atomic E-state index is 13.2. The number of amides is 2. The zero-order chi connectivity index (χ0) is 24.6. The van der Waals surface area contributed by atoms with E-state index in [-0.39, 0.29) is 34.5 Å². The molecule has 1 N–H and O–H groups in total. The molecule has 2 aliphatic heterocycles. The molecule has 35 heavy (non-hydrogen) atoms. The number of hydrogen-bond acceptors (Lipinski definition) is 8. The minimum absolute atomic E-state index is 0.0380. The van der Waals surface area contributed by atoms with Crippen molar-refractivity contribution in [3.8, 4) is 0 Å². The lowest BCUT2D eigenvalue weighted by Gasteiger charge is -2.50. The number of aromatic nitrogens is 5. The molecule has 2 atom stereocenters. The van der Waals surface area contributed by atoms with E-state index in [1.165, 1.54) is 11.3 Å². The molecule has 3 aromatic rings. The van der Waals surface area contributed by atoms with Gasteiger partial charge in [-0.2, -0.15) is 10.1 Å². The number of likely N-dealkylation sites (tertiary alicyclic amines) is 2. The molecule has 6 rings (SSSR count). The highest BCUT2D eigenvalue weighted by molar-refractivity contribution is 7.11. The highest BCUT2D eigenvalue weighted by Gasteiger charge is 2.61. The largest absolute Gasteiger partial charge is 0.341 e. The summed E-state index contributed by atoms with van der Waals surface area (Å²) in [5.74, 6) is 1.24. The van der Waals surface area contributed by atoms with Crippen molar-refractivity contribution in [2.24, 2.45) is 16.7 Å². The van der Waals surface area contributed by atoms with E-state index in [4.69, 9.17) is 9.51 Å². The molecular formula is C24H29N7O3S. The Morgan fingerprint density at radius 1 is 1.23 bits per heavy atom. The quantitative estimate of drug-likeness (QED) is 0.578. The minimum Gasteiger partial charge on any atom is -0.341 e. The van der Waals surface area contributed by atoms with Gasteiger partial charge in [-0.15, -0.1) is 11.3 Å². The molecule has 5 heterocycles. The summed E-state index contributed by atoms with van der Waals surface area (Å²) in [6.45, 7) is 10.5. The lowest BCUT2D eigenvalue weighted by atomic mass is 9.71. The van der Waals surface area contributed by atoms with Crippen molar-refractivity contribution in [3.63, 3.8) is 0 Å². The van der Waals surface area contributed by atoms with Gasteiger partial charge in [0.05, 0.1) is 28.7 Å². The van der Waals surface area contributed by atoms with Gasteiger partial charge in [0.2, 0.25) is 11.8 Å². The number of thiazole rings is 1. The molecule has 3 aromatic heterocycles. The Hall–Kier alpha value is -3.08. The van der Waals surface area contributed by atoms with E-state index >= 15 is 0 Å². The van der Waals surface area contributed by atoms with Gasteiger partial charge in [-0.05, 0) is 31.7 Å². The first-order chi connectivity index (χ1) is 16.6. The Labute approximate surface area is 207 Å². The van der Waals surface area contributed by atoms with Crippen LogP contribution in [0, 0.1) is 16.7 Å². The van der Waals surface area contributed by atoms with Crippen molar-refractivity contribution in [2.45, 2.75) is 45.4 Å². The summed E-state index contributed by atoms with van der Waals surface area (Å²) in [4.78, 5) is 39.5. The normalized spacial score (nSPS) is 24.6. The Morgan fingerprint density at radius 2 is 1.97 bits per heavy atom. The first-order valence-corrected chi connectivity index (χ1v) is 12.8. The van der Waals surface area contributed by atoms with E-state index in [0.717, 1.165) is 12.1 Å². The Kier molecular flexibility index (Phi) is 4.77. The second kappa shape index (κ2) is 7.46. The molecule has 0 radical (unpaired) electrons. The predicted octanol–water partition coefficient (Wildman–Crippen LogP) is 2.69. The molecule has 10 nitrogen and oxygen atoms in total. The van der Waals surface area contributed by atoms with Crippen LogP contribution in [0.15, 0.2) is 28.5 Å². The maximum atomic E-state index is 13.2. The molecule has 2 saturated heterocycles. The van der Waals surface area contributed by atoms with Gasteiger partial charge < -0.3 is 14.3 Å². The van der Waals surface area contributed by atoms with Gasteiger partial charge in [0, 0.05) is 43.7 Å². The van der Waals surface area contributed by atoms with Gasteiger partial charge in [0.1, 0.15) is 4.88 Å². The zero-order valence-electron chi connectivity index (χ0n) is 20.3. The van der Waals surface area contributed by atoms with Crippen LogP contribution in [-0.2, 0) is 10.2 Å². The third kappa shape index (κ3) is 3.50. The standard InChI is InChI=1S/C24H29N7O3S/c1-22(2)7-14(22)19(32)31-11-24(12-31)10-30(20(33)16-8-25-13-35-16)9-15(24)18-27-21(34-29-18)23(3,4)17-5-6-26-28-17/h5-6,8,13-15H,7,9-12H2,1-4H3,(H,26,28)/t14-,15?/m1/s1. The number of hydrogen-bond donors (Lipinski definition) is 1. The van der Waals surface area contributed by atoms with Gasteiger partial charge >= 0.3 is 0 Å². The predicted molar refractivity (Wildman–Crippen MR) is 127 cm³/mol. The SMILES string of the molecule is CC(C)(c1ccn[nH]1)c1nc(C2CN(C(=O)c3cncs3)CC23CN(C(=O)[C@H]2CC2(C)C)C3)no1. The van der Waals surface area contributed by atoms with E-state index in [2.05, 4.69) is 34.2 Å². The molecule has 0 bridgehead atoms. The Morgan fingerprint density at radius 3 is 2.60 bits per heavy atom. The second-order valence-corrected chi connectivity index (χ2v) is 12.3. The van der Waals surface area contributed by atoms with E-state index < -0.39 is 5.41 Å². The molecule has 3 fully saturated rings. The molecule has 1 saturated carbocycles. The van der Waals surface area contributed by atoms with Crippen molar-refractivity contribution >= 4 is 23.2 Å². The summed E-state index contributed by atoms with van der Waals surface area (Å²) >= 11 is 1.34. The van der Waals surface area contributed by atoms with E-state index in [1.807, 2.05) is 29.7 Å². The van der Waals surface area contributed by atoms with E-state index in [0.29, 0.717) is 42.8 Å². The van der Waals surface area contributed by atoms with Gasteiger partial charge in [0.25, 0.3) is 5.91 Å². The van der Waals surface area contributed by atoms with Crippen molar-refractivity contribution in [1.82, 2.24) is 35.1 Å². The molecule has 3 aliphatic rings. The van der Waals surface area contributed by atoms with Crippen LogP contribution in [0.4, 0.5) is 0 Å². The number of carbonyl (C=O) groups is 2. The van der Waals surface area contributed by atoms with Crippen molar-refractivity contribution in [2.75, 3.05) is 26.2 Å². The first kappa shape index (κ1) is 22.4. The lowest BCUT2D eigenvalue weighted by Crippen LogP contribution is -2.62. The molecule has 11 heteroatoms. The van der Waals surface area contributed by atoms with Gasteiger partial charge in [0.15, 0.2) is 5.82 Å². The summed E-state index contributed by atoms with van der Waals surface area (Å²) in [5, 5.41) is 11.4. The molecule has 1 unspecified atom stereocenters. The maximum Gasteiger partial charge on any atom is 0.265 e. The van der Waals surface area contributed by atoms with Crippen LogP contribution in [0.5, 0.6) is 0 Å². The molecule has 2 amide bonds. The fourth-order valence-corrected chi connectivity index (χ4v) is 6.19. The Balaban J connectivity index is 1.27. The van der Waals surface area contributed by atoms with Crippen LogP contribution in [0.25, 0.3) is 0 Å². The summed E-state index contributed by atoms with van der Waals surface area (Å²) in [6, 6.07) is 1.89. The number of carbonyl (C=O) groups excluding carboxylic acids is 2. The highest BCUT2D eigenvalue weighted by Crippen LogP contribution is 2.55. The summed E-state index contributed by atoms with van der Waals surface area (Å²) in [5.41, 5.74) is 1.81. The average Bonchev–Trinajstić information content (AvgIpc) is 3.45. The zero-order valence-corrected chi connectivity index (χ0v) is 21.1. The fourth-order valence-electron chi connectivity index (χ4n) is 5.61. The number of H-pyrrole nitrogens is 1. The fraction of sp³-hybridized carbons (Fsp3) is 0.583. The summed E-state index contributed by atoms with van der Waals surface area (Å²) in [7, 11) is 0. The summed E-state index contributed by atoms with van der Waals surface area (Å²) < 4.78 is 5.74. The van der Waals surface area contributed by atoms with Crippen molar-refractivity contribution < 1.29 is 14.1 Å². The smallest absolute Gasteiger partial charge is 0.265 e. The van der Waals surface area contributed by atoms with E-state index in [9.17, 15) is 9.59 Å². The van der Waals surface area contributed by atoms with Gasteiger partial charge in [-0.3, -0.25) is 19.7 Å². The van der Waals surface area contributed by atoms with Gasteiger partial charge in [-0.25, -0.2) is 0 Å². The number of nitrogens with one attached hydrogen (secondary N) is 1. The molecule has 0 aromatic carbocycles. The van der Waals surface area contributed by atoms with E-state index in [1.54, 1.807) is 17.9 Å². The number of nitrogens with zero attached hydrogens (tertiary/aromatic N) is 6. The van der Waals surface area contributed by atoms with Crippen LogP contribution in [-0.4, -0.2) is 73.1 Å². The third-order valence-corrected chi connectivity index (χ3v) is 8.94. The van der Waals surface area contributed by atoms with Crippen LogP contribution >= 0.6 is 11.3 Å². The summed E-state index contributed by atoms with van der Waals surface area (Å²) in [6.07, 6.45) is 4.24. The Bertz CT molecular complexity index is 1260. The third-order valence-electron chi connectivity index (χ3n) is 8.18. The van der Waals surface area contributed by atoms with Crippen LogP contribution < -0.4 is 0 Å². The lowest BCUT2D eigenvalue weighted by molar-refractivity contribution is -0.145. The molecule has 1 spiro atoms. The second-order valence-electron chi connectivity index (χ2n) is 11.5. The van der Waals surface area contributed by atoms with Crippen molar-refractivity contribution in [3.05, 3.63) is 46.3 Å². The van der Waals surface area contributed by atoms with Crippen LogP contribution in [0.1, 0.15) is 67.1 Å². The number of rotatable bonds is 5. The molecule has 1 aliphatic carbocycles. The molecule has 184 valence electrons. The van der Waals surface area contributed by atoms with Crippen LogP contribution in [0.3, 0.4) is 0 Å². The number of aromatic amines is 1. The topological polar surface area (TPSA) is 121 Å². The van der Waals surface area contributed by atoms with Crippen LogP contribution in [0.2, 0.25) is 0 Å². The van der Waals surface area contributed by atoms with Crippen molar-refractivity contribution in [1.29, 1.82) is 0 Å². The first-order valence-electron chi connectivity index (χ1n) is 11.9.